The van der Waals surface area contributed by atoms with Gasteiger partial charge in [-0.3, -0.25) is 9.59 Å². The van der Waals surface area contributed by atoms with Gasteiger partial charge < -0.3 is 14.6 Å². The van der Waals surface area contributed by atoms with E-state index in [1.807, 2.05) is 0 Å². The molecule has 0 aromatic rings. The van der Waals surface area contributed by atoms with Gasteiger partial charge in [-0.05, 0) is 148 Å². The largest absolute Gasteiger partial charge is 0.462 e. The van der Waals surface area contributed by atoms with Crippen molar-refractivity contribution in [3.05, 3.63) is 207 Å². The van der Waals surface area contributed by atoms with E-state index >= 15 is 0 Å². The molecule has 0 aliphatic rings. The Hall–Kier alpha value is -5.52. The van der Waals surface area contributed by atoms with Gasteiger partial charge in [0.25, 0.3) is 0 Å². The molecule has 0 aliphatic heterocycles. The molecule has 0 spiro atoms. The predicted molar refractivity (Wildman–Crippen MR) is 333 cm³/mol. The molecule has 76 heavy (non-hydrogen) atoms. The Labute approximate surface area is 466 Å². The Kier molecular flexibility index (Phi) is 59.1. The Morgan fingerprint density at radius 1 is 0.303 bits per heavy atom. The van der Waals surface area contributed by atoms with Crippen LogP contribution in [0.15, 0.2) is 207 Å². The van der Waals surface area contributed by atoms with Crippen LogP contribution in [0.3, 0.4) is 0 Å². The average Bonchev–Trinajstić information content (AvgIpc) is 3.42. The first-order chi connectivity index (χ1) is 37.6. The van der Waals surface area contributed by atoms with Crippen LogP contribution >= 0.6 is 0 Å². The van der Waals surface area contributed by atoms with Crippen LogP contribution in [-0.2, 0) is 19.1 Å². The molecule has 0 bridgehead atoms. The zero-order chi connectivity index (χ0) is 54.8. The van der Waals surface area contributed by atoms with Gasteiger partial charge in [0.2, 0.25) is 0 Å². The smallest absolute Gasteiger partial charge is 0.306 e. The zero-order valence-corrected chi connectivity index (χ0v) is 47.9. The van der Waals surface area contributed by atoms with E-state index in [1.165, 1.54) is 25.7 Å². The molecule has 1 atom stereocenters. The van der Waals surface area contributed by atoms with Gasteiger partial charge in [-0.15, -0.1) is 0 Å². The first kappa shape index (κ1) is 70.5. The van der Waals surface area contributed by atoms with Gasteiger partial charge in [0.15, 0.2) is 6.10 Å². The van der Waals surface area contributed by atoms with Gasteiger partial charge in [0, 0.05) is 12.8 Å². The van der Waals surface area contributed by atoms with E-state index < -0.39 is 6.10 Å². The molecule has 1 unspecified atom stereocenters. The summed E-state index contributed by atoms with van der Waals surface area (Å²) >= 11 is 0. The van der Waals surface area contributed by atoms with Gasteiger partial charge >= 0.3 is 11.9 Å². The lowest BCUT2D eigenvalue weighted by Gasteiger charge is -2.15. The molecule has 420 valence electrons. The van der Waals surface area contributed by atoms with Crippen LogP contribution in [0, 0.1) is 0 Å². The second kappa shape index (κ2) is 63.8. The van der Waals surface area contributed by atoms with Crippen molar-refractivity contribution in [3.63, 3.8) is 0 Å². The van der Waals surface area contributed by atoms with Crippen LogP contribution in [0.4, 0.5) is 0 Å². The maximum atomic E-state index is 12.3. The number of unbranched alkanes of at least 4 members (excludes halogenated alkanes) is 9. The van der Waals surface area contributed by atoms with Gasteiger partial charge in [-0.2, -0.15) is 0 Å². The summed E-state index contributed by atoms with van der Waals surface area (Å²) < 4.78 is 10.7. The molecule has 5 nitrogen and oxygen atoms in total. The molecule has 0 fully saturated rings. The SMILES string of the molecule is CC/C=C\C/C=C\C/C=C\C/C=C\C/C=C\C/C=C\C/C=C\C/C=C\C/C=C\C/C=C\C/C=C\CCCCCCCCCC(=O)OC(CO)COC(=O)CCCC/C=C\C/C=C\C/C=C\C/C=C\C/C=C\C/C=C\CC. The molecular weight excluding hydrogens is 933 g/mol. The summed E-state index contributed by atoms with van der Waals surface area (Å²) in [4.78, 5) is 24.5. The van der Waals surface area contributed by atoms with Crippen molar-refractivity contribution in [3.8, 4) is 0 Å². The monoisotopic (exact) mass is 1040 g/mol. The molecular formula is C71H106O5. The summed E-state index contributed by atoms with van der Waals surface area (Å²) in [5.41, 5.74) is 0. The van der Waals surface area contributed by atoms with Crippen LogP contribution < -0.4 is 0 Å². The minimum absolute atomic E-state index is 0.108. The number of rotatable bonds is 51. The summed E-state index contributed by atoms with van der Waals surface area (Å²) in [6.07, 6.45) is 104. The van der Waals surface area contributed by atoms with Gasteiger partial charge in [0.05, 0.1) is 6.61 Å². The minimum atomic E-state index is -0.814. The molecule has 0 radical (unpaired) electrons. The zero-order valence-electron chi connectivity index (χ0n) is 47.9. The van der Waals surface area contributed by atoms with Crippen LogP contribution in [0.2, 0.25) is 0 Å². The van der Waals surface area contributed by atoms with Gasteiger partial charge in [0.1, 0.15) is 6.61 Å². The number of carbonyl (C=O) groups is 2. The lowest BCUT2D eigenvalue weighted by molar-refractivity contribution is -0.161. The highest BCUT2D eigenvalue weighted by molar-refractivity contribution is 5.70. The topological polar surface area (TPSA) is 72.8 Å². The van der Waals surface area contributed by atoms with Gasteiger partial charge in [-0.1, -0.05) is 253 Å². The van der Waals surface area contributed by atoms with E-state index in [0.29, 0.717) is 12.8 Å². The second-order valence-electron chi connectivity index (χ2n) is 18.6. The highest BCUT2D eigenvalue weighted by Gasteiger charge is 2.16. The number of aliphatic hydroxyl groups excluding tert-OH is 1. The number of carbonyl (C=O) groups excluding carboxylic acids is 2. The molecule has 0 amide bonds. The first-order valence-corrected chi connectivity index (χ1v) is 29.6. The molecule has 5 heteroatoms. The number of hydrogen-bond donors (Lipinski definition) is 1. The van der Waals surface area contributed by atoms with E-state index in [4.69, 9.17) is 9.47 Å². The summed E-state index contributed by atoms with van der Waals surface area (Å²) in [5.74, 6) is -0.672. The summed E-state index contributed by atoms with van der Waals surface area (Å²) in [5, 5.41) is 9.65. The highest BCUT2D eigenvalue weighted by atomic mass is 16.6. The highest BCUT2D eigenvalue weighted by Crippen LogP contribution is 2.12. The Morgan fingerprint density at radius 3 is 0.816 bits per heavy atom. The molecule has 0 aliphatic carbocycles. The van der Waals surface area contributed by atoms with Crippen molar-refractivity contribution < 1.29 is 24.2 Å². The quantitative estimate of drug-likeness (QED) is 0.0373. The maximum absolute atomic E-state index is 12.3. The van der Waals surface area contributed by atoms with E-state index in [9.17, 15) is 14.7 Å². The van der Waals surface area contributed by atoms with E-state index in [2.05, 4.69) is 220 Å². The van der Waals surface area contributed by atoms with Crippen molar-refractivity contribution in [1.82, 2.24) is 0 Å². The summed E-state index contributed by atoms with van der Waals surface area (Å²) in [6, 6.07) is 0. The van der Waals surface area contributed by atoms with Crippen LogP contribution in [0.25, 0.3) is 0 Å². The lowest BCUT2D eigenvalue weighted by Crippen LogP contribution is -2.28. The van der Waals surface area contributed by atoms with Crippen molar-refractivity contribution in [2.45, 2.75) is 213 Å². The van der Waals surface area contributed by atoms with E-state index in [1.54, 1.807) is 0 Å². The van der Waals surface area contributed by atoms with Gasteiger partial charge in [-0.25, -0.2) is 0 Å². The molecule has 0 aromatic carbocycles. The third-order valence-electron chi connectivity index (χ3n) is 11.6. The molecule has 1 N–H and O–H groups in total. The molecule has 0 aromatic heterocycles. The second-order valence-corrected chi connectivity index (χ2v) is 18.6. The average molecular weight is 1040 g/mol. The molecule has 0 rings (SSSR count). The number of ether oxygens (including phenoxy) is 2. The van der Waals surface area contributed by atoms with Crippen LogP contribution in [0.1, 0.15) is 206 Å². The molecule has 0 saturated carbocycles. The Morgan fingerprint density at radius 2 is 0.526 bits per heavy atom. The predicted octanol–water partition coefficient (Wildman–Crippen LogP) is 20.6. The molecule has 0 heterocycles. The van der Waals surface area contributed by atoms with E-state index in [0.717, 1.165) is 154 Å². The van der Waals surface area contributed by atoms with Crippen LogP contribution in [-0.4, -0.2) is 36.4 Å². The van der Waals surface area contributed by atoms with Crippen molar-refractivity contribution in [2.24, 2.45) is 0 Å². The van der Waals surface area contributed by atoms with Crippen molar-refractivity contribution in [1.29, 1.82) is 0 Å². The van der Waals surface area contributed by atoms with Crippen LogP contribution in [0.5, 0.6) is 0 Å². The molecule has 0 saturated heterocycles. The number of aliphatic hydroxyl groups is 1. The van der Waals surface area contributed by atoms with E-state index in [-0.39, 0.29) is 25.2 Å². The fraction of sp³-hybridized carbons (Fsp3) is 0.493. The Balaban J connectivity index is 3.70. The number of esters is 2. The third-order valence-corrected chi connectivity index (χ3v) is 11.6. The fourth-order valence-corrected chi connectivity index (χ4v) is 7.21. The fourth-order valence-electron chi connectivity index (χ4n) is 7.21. The maximum Gasteiger partial charge on any atom is 0.306 e. The minimum Gasteiger partial charge on any atom is -0.462 e. The normalized spacial score (nSPS) is 13.8. The van der Waals surface area contributed by atoms with Crippen molar-refractivity contribution in [2.75, 3.05) is 13.2 Å². The third kappa shape index (κ3) is 61.0. The number of allylic oxidation sites excluding steroid dienone is 34. The first-order valence-electron chi connectivity index (χ1n) is 29.6. The Bertz CT molecular complexity index is 1840. The standard InChI is InChI=1S/C71H106O5/c1-3-5-7-9-11-13-15-17-19-21-23-25-26-27-28-29-30-31-32-33-34-35-36-37-38-39-40-41-42-43-44-46-48-50-52-54-56-58-60-62-64-66-71(74)76-69(67-72)68-75-70(73)65-63-61-59-57-55-53-51-49-47-45-24-22-20-18-16-14-12-10-8-6-4-2/h5-8,11-14,17-20,23-25,27-28,30-31,33-34,36-37,39-40,42-43,45-46,48-49,51,55,57,69,72H,3-4,9-10,15-16,21-22,26,29,32,35,38,41,44,47,50,52-54,56,58-68H2,1-2H3/b7-5-,8-6-,13-11-,14-12-,19-17-,20-18-,25-23-,28-27-,31-30-,34-33-,37-36-,40-39-,43-42-,45-24-,48-46-,51-49-,57-55-. The summed E-state index contributed by atoms with van der Waals surface area (Å²) in [7, 11) is 0. The summed E-state index contributed by atoms with van der Waals surface area (Å²) in [6.45, 7) is 3.84. The lowest BCUT2D eigenvalue weighted by atomic mass is 10.1. The van der Waals surface area contributed by atoms with Crippen molar-refractivity contribution >= 4 is 11.9 Å². The number of hydrogen-bond acceptors (Lipinski definition) is 5.